The normalized spacial score (nSPS) is 10.5. The van der Waals surface area contributed by atoms with Crippen molar-refractivity contribution in [3.05, 3.63) is 50.7 Å². The molecular weight excluding hydrogens is 304 g/mol. The van der Waals surface area contributed by atoms with Gasteiger partial charge in [0.1, 0.15) is 0 Å². The summed E-state index contributed by atoms with van der Waals surface area (Å²) in [5.74, 6) is -0.0286. The van der Waals surface area contributed by atoms with Gasteiger partial charge in [0.15, 0.2) is 0 Å². The quantitative estimate of drug-likeness (QED) is 0.891. The average Bonchev–Trinajstić information content (AvgIpc) is 2.93. The molecule has 0 unspecified atom stereocenters. The molecule has 0 aliphatic carbocycles. The molecule has 1 amide bonds. The van der Waals surface area contributed by atoms with Crippen molar-refractivity contribution in [2.75, 3.05) is 19.4 Å². The topological polar surface area (TPSA) is 32.3 Å². The van der Waals surface area contributed by atoms with E-state index in [2.05, 4.69) is 24.4 Å². The van der Waals surface area contributed by atoms with Gasteiger partial charge < -0.3 is 10.2 Å². The molecule has 0 spiro atoms. The monoisotopic (exact) mass is 322 g/mol. The Morgan fingerprint density at radius 3 is 2.57 bits per heavy atom. The maximum atomic E-state index is 12.0. The highest BCUT2D eigenvalue weighted by Crippen LogP contribution is 2.25. The summed E-state index contributed by atoms with van der Waals surface area (Å²) in [6, 6.07) is 9.58. The van der Waals surface area contributed by atoms with Crippen molar-refractivity contribution in [3.8, 4) is 0 Å². The summed E-state index contributed by atoms with van der Waals surface area (Å²) in [6.07, 6.45) is 1.05. The van der Waals surface area contributed by atoms with Crippen LogP contribution in [0.4, 0.5) is 5.69 Å². The summed E-state index contributed by atoms with van der Waals surface area (Å²) in [6.45, 7) is 2.86. The van der Waals surface area contributed by atoms with E-state index in [9.17, 15) is 4.79 Å². The molecule has 1 heterocycles. The highest BCUT2D eigenvalue weighted by atomic mass is 35.5. The van der Waals surface area contributed by atoms with Gasteiger partial charge in [0.25, 0.3) is 5.91 Å². The van der Waals surface area contributed by atoms with Crippen molar-refractivity contribution in [2.45, 2.75) is 19.9 Å². The van der Waals surface area contributed by atoms with Crippen LogP contribution in [0.15, 0.2) is 30.3 Å². The summed E-state index contributed by atoms with van der Waals surface area (Å²) in [5, 5.41) is 3.93. The first kappa shape index (κ1) is 15.9. The average molecular weight is 323 g/mol. The van der Waals surface area contributed by atoms with E-state index in [1.165, 1.54) is 9.75 Å². The van der Waals surface area contributed by atoms with Crippen LogP contribution in [0.25, 0.3) is 0 Å². The largest absolute Gasteiger partial charge is 0.379 e. The number of halogens is 1. The molecule has 1 N–H and O–H groups in total. The minimum atomic E-state index is -0.0286. The third kappa shape index (κ3) is 3.99. The Labute approximate surface area is 134 Å². The van der Waals surface area contributed by atoms with Gasteiger partial charge in [0, 0.05) is 36.0 Å². The molecule has 5 heteroatoms. The Morgan fingerprint density at radius 1 is 1.24 bits per heavy atom. The van der Waals surface area contributed by atoms with Crippen LogP contribution in [0, 0.1) is 0 Å². The number of nitrogens with zero attached hydrogens (tertiary/aromatic N) is 1. The lowest BCUT2D eigenvalue weighted by molar-refractivity contribution is 0.0827. The highest BCUT2D eigenvalue weighted by Gasteiger charge is 2.10. The number of hydrogen-bond donors (Lipinski definition) is 1. The lowest BCUT2D eigenvalue weighted by Crippen LogP contribution is -2.21. The molecule has 1 aromatic carbocycles. The van der Waals surface area contributed by atoms with Gasteiger partial charge in [-0.2, -0.15) is 0 Å². The number of thiophene rings is 1. The van der Waals surface area contributed by atoms with Crippen molar-refractivity contribution >= 4 is 34.5 Å². The molecule has 0 atom stereocenters. The fourth-order valence-electron chi connectivity index (χ4n) is 1.94. The molecule has 2 rings (SSSR count). The minimum Gasteiger partial charge on any atom is -0.379 e. The second-order valence-corrected chi connectivity index (χ2v) is 6.63. The number of carbonyl (C=O) groups is 1. The number of benzene rings is 1. The van der Waals surface area contributed by atoms with Gasteiger partial charge in [0.05, 0.1) is 10.7 Å². The SMILES string of the molecule is CCc1ccc(CNc2cc(C(=O)N(C)C)ccc2Cl)s1. The molecule has 0 aliphatic heterocycles. The molecule has 0 radical (unpaired) electrons. The van der Waals surface area contributed by atoms with Crippen LogP contribution in [0.5, 0.6) is 0 Å². The zero-order valence-corrected chi connectivity index (χ0v) is 14.0. The summed E-state index contributed by atoms with van der Waals surface area (Å²) in [4.78, 5) is 16.2. The van der Waals surface area contributed by atoms with Crippen LogP contribution in [0.1, 0.15) is 27.0 Å². The predicted octanol–water partition coefficient (Wildman–Crippen LogP) is 4.28. The number of nitrogens with one attached hydrogen (secondary N) is 1. The van der Waals surface area contributed by atoms with Crippen LogP contribution in [0.2, 0.25) is 5.02 Å². The Bertz CT molecular complexity index is 637. The van der Waals surface area contributed by atoms with E-state index in [0.29, 0.717) is 17.1 Å². The van der Waals surface area contributed by atoms with E-state index in [4.69, 9.17) is 11.6 Å². The maximum absolute atomic E-state index is 12.0. The first-order chi connectivity index (χ1) is 10.0. The van der Waals surface area contributed by atoms with E-state index in [1.807, 2.05) is 0 Å². The van der Waals surface area contributed by atoms with E-state index in [0.717, 1.165) is 12.1 Å². The maximum Gasteiger partial charge on any atom is 0.253 e. The number of anilines is 1. The molecule has 2 aromatic rings. The van der Waals surface area contributed by atoms with E-state index in [1.54, 1.807) is 48.5 Å². The van der Waals surface area contributed by atoms with Gasteiger partial charge in [-0.05, 0) is 36.8 Å². The zero-order valence-electron chi connectivity index (χ0n) is 12.4. The number of amides is 1. The van der Waals surface area contributed by atoms with Gasteiger partial charge in [-0.1, -0.05) is 18.5 Å². The Kier molecular flexibility index (Phi) is 5.26. The Morgan fingerprint density at radius 2 is 1.95 bits per heavy atom. The number of aryl methyl sites for hydroxylation is 1. The van der Waals surface area contributed by atoms with Crippen molar-refractivity contribution in [1.82, 2.24) is 4.90 Å². The number of hydrogen-bond acceptors (Lipinski definition) is 3. The predicted molar refractivity (Wildman–Crippen MR) is 90.5 cm³/mol. The summed E-state index contributed by atoms with van der Waals surface area (Å²) in [5.41, 5.74) is 1.42. The van der Waals surface area contributed by atoms with Crippen molar-refractivity contribution < 1.29 is 4.79 Å². The summed E-state index contributed by atoms with van der Waals surface area (Å²) >= 11 is 7.99. The van der Waals surface area contributed by atoms with E-state index in [-0.39, 0.29) is 5.91 Å². The summed E-state index contributed by atoms with van der Waals surface area (Å²) in [7, 11) is 3.48. The highest BCUT2D eigenvalue weighted by molar-refractivity contribution is 7.12. The van der Waals surface area contributed by atoms with Crippen molar-refractivity contribution in [2.24, 2.45) is 0 Å². The fourth-order valence-corrected chi connectivity index (χ4v) is 3.02. The standard InChI is InChI=1S/C16H19ClN2OS/c1-4-12-6-7-13(21-12)10-18-15-9-11(5-8-14(15)17)16(20)19(2)3/h5-9,18H,4,10H2,1-3H3. The fraction of sp³-hybridized carbons (Fsp3) is 0.312. The second-order valence-electron chi connectivity index (χ2n) is 4.97. The minimum absolute atomic E-state index is 0.0286. The molecule has 0 bridgehead atoms. The number of carbonyl (C=O) groups excluding carboxylic acids is 1. The third-order valence-electron chi connectivity index (χ3n) is 3.14. The van der Waals surface area contributed by atoms with Gasteiger partial charge >= 0.3 is 0 Å². The van der Waals surface area contributed by atoms with Gasteiger partial charge in [-0.15, -0.1) is 11.3 Å². The van der Waals surface area contributed by atoms with Crippen LogP contribution in [0.3, 0.4) is 0 Å². The molecular formula is C16H19ClN2OS. The van der Waals surface area contributed by atoms with Gasteiger partial charge in [-0.3, -0.25) is 4.79 Å². The van der Waals surface area contributed by atoms with Crippen LogP contribution in [-0.2, 0) is 13.0 Å². The van der Waals surface area contributed by atoms with Gasteiger partial charge in [-0.25, -0.2) is 0 Å². The van der Waals surface area contributed by atoms with Gasteiger partial charge in [0.2, 0.25) is 0 Å². The smallest absolute Gasteiger partial charge is 0.253 e. The third-order valence-corrected chi connectivity index (χ3v) is 4.70. The lowest BCUT2D eigenvalue weighted by Gasteiger charge is -2.13. The molecule has 0 fully saturated rings. The van der Waals surface area contributed by atoms with Crippen LogP contribution >= 0.6 is 22.9 Å². The second kappa shape index (κ2) is 6.96. The molecule has 112 valence electrons. The first-order valence-electron chi connectivity index (χ1n) is 6.84. The first-order valence-corrected chi connectivity index (χ1v) is 8.03. The summed E-state index contributed by atoms with van der Waals surface area (Å²) < 4.78 is 0. The molecule has 21 heavy (non-hydrogen) atoms. The number of rotatable bonds is 5. The van der Waals surface area contributed by atoms with Crippen molar-refractivity contribution in [3.63, 3.8) is 0 Å². The molecule has 1 aromatic heterocycles. The zero-order chi connectivity index (χ0) is 15.4. The lowest BCUT2D eigenvalue weighted by atomic mass is 10.2. The molecule has 3 nitrogen and oxygen atoms in total. The Hall–Kier alpha value is -1.52. The molecule has 0 aliphatic rings. The van der Waals surface area contributed by atoms with E-state index >= 15 is 0 Å². The van der Waals surface area contributed by atoms with Crippen molar-refractivity contribution in [1.29, 1.82) is 0 Å². The molecule has 0 saturated heterocycles. The van der Waals surface area contributed by atoms with E-state index < -0.39 is 0 Å². The Balaban J connectivity index is 2.11. The van der Waals surface area contributed by atoms with Crippen LogP contribution < -0.4 is 5.32 Å². The molecule has 0 saturated carbocycles. The van der Waals surface area contributed by atoms with Crippen LogP contribution in [-0.4, -0.2) is 24.9 Å².